The molecule has 1 aliphatic heterocycles. The molecule has 2 aromatic rings. The highest BCUT2D eigenvalue weighted by atomic mass is 16.5. The van der Waals surface area contributed by atoms with E-state index in [0.717, 1.165) is 25.7 Å². The van der Waals surface area contributed by atoms with Crippen LogP contribution in [0.4, 0.5) is 0 Å². The number of ether oxygens (including phenoxy) is 1. The lowest BCUT2D eigenvalue weighted by Gasteiger charge is -2.25. The number of phenols is 1. The summed E-state index contributed by atoms with van der Waals surface area (Å²) in [5.41, 5.74) is 1.11. The number of likely N-dealkylation sites (tertiary alicyclic amines) is 1. The number of benzene rings is 2. The molecular weight excluding hydrogens is 382 g/mol. The van der Waals surface area contributed by atoms with E-state index in [1.807, 2.05) is 6.07 Å². The summed E-state index contributed by atoms with van der Waals surface area (Å²) in [6.45, 7) is 2.51. The molecule has 0 aliphatic carbocycles. The Kier molecular flexibility index (Phi) is 6.77. The second kappa shape index (κ2) is 9.48. The van der Waals surface area contributed by atoms with Crippen LogP contribution in [-0.2, 0) is 9.59 Å². The van der Waals surface area contributed by atoms with Crippen molar-refractivity contribution in [3.05, 3.63) is 65.2 Å². The van der Waals surface area contributed by atoms with Crippen LogP contribution in [0.3, 0.4) is 0 Å². The largest absolute Gasteiger partial charge is 0.507 e. The predicted molar refractivity (Wildman–Crippen MR) is 114 cm³/mol. The summed E-state index contributed by atoms with van der Waals surface area (Å²) in [6.07, 6.45) is 3.82. The minimum atomic E-state index is -0.749. The summed E-state index contributed by atoms with van der Waals surface area (Å²) in [4.78, 5) is 27.3. The standard InChI is InChI=1S/C24H27NO5/c1-3-4-5-9-14-25-21(17-12-13-18(26)19(15-17)30-2)20(23(28)24(25)29)22(27)16-10-7-6-8-11-16/h6-8,10-13,15,21,26-27H,3-5,9,14H2,1-2H3/b22-20+/t21-/m0/s1. The number of ketones is 1. The lowest BCUT2D eigenvalue weighted by atomic mass is 9.95. The fourth-order valence-corrected chi connectivity index (χ4v) is 3.78. The molecule has 2 N–H and O–H groups in total. The number of aromatic hydroxyl groups is 1. The predicted octanol–water partition coefficient (Wildman–Crippen LogP) is 4.40. The zero-order chi connectivity index (χ0) is 21.7. The summed E-state index contributed by atoms with van der Waals surface area (Å²) in [5.74, 6) is -1.33. The first-order valence-corrected chi connectivity index (χ1v) is 10.2. The van der Waals surface area contributed by atoms with Crippen molar-refractivity contribution in [2.24, 2.45) is 0 Å². The van der Waals surface area contributed by atoms with Gasteiger partial charge in [0.2, 0.25) is 0 Å². The molecule has 0 unspecified atom stereocenters. The third kappa shape index (κ3) is 4.17. The highest BCUT2D eigenvalue weighted by Gasteiger charge is 2.45. The zero-order valence-corrected chi connectivity index (χ0v) is 17.3. The first-order chi connectivity index (χ1) is 14.5. The molecule has 1 amide bonds. The van der Waals surface area contributed by atoms with Gasteiger partial charge in [0.1, 0.15) is 5.76 Å². The molecule has 0 radical (unpaired) electrons. The van der Waals surface area contributed by atoms with Gasteiger partial charge in [-0.15, -0.1) is 0 Å². The molecule has 6 heteroatoms. The number of Topliss-reactive ketones (excluding diaryl/α,β-unsaturated/α-hetero) is 1. The van der Waals surface area contributed by atoms with E-state index in [0.29, 0.717) is 17.7 Å². The SMILES string of the molecule is CCCCCCN1C(=O)C(=O)/C(=C(/O)c2ccccc2)[C@@H]1c1ccc(O)c(OC)c1. The quantitative estimate of drug-likeness (QED) is 0.292. The Hall–Kier alpha value is -3.28. The number of carbonyl (C=O) groups excluding carboxylic acids is 2. The second-order valence-electron chi connectivity index (χ2n) is 7.35. The van der Waals surface area contributed by atoms with Crippen LogP contribution in [0.5, 0.6) is 11.5 Å². The maximum Gasteiger partial charge on any atom is 0.295 e. The van der Waals surface area contributed by atoms with E-state index < -0.39 is 17.7 Å². The minimum Gasteiger partial charge on any atom is -0.507 e. The molecule has 30 heavy (non-hydrogen) atoms. The number of phenolic OH excluding ortho intramolecular Hbond substituents is 1. The number of unbranched alkanes of at least 4 members (excludes halogenated alkanes) is 3. The van der Waals surface area contributed by atoms with Crippen LogP contribution in [0.2, 0.25) is 0 Å². The number of aliphatic hydroxyl groups excluding tert-OH is 1. The summed E-state index contributed by atoms with van der Waals surface area (Å²) in [6, 6.07) is 12.7. The molecule has 1 atom stereocenters. The van der Waals surface area contributed by atoms with Gasteiger partial charge in [0, 0.05) is 12.1 Å². The summed E-state index contributed by atoms with van der Waals surface area (Å²) >= 11 is 0. The van der Waals surface area contributed by atoms with Crippen LogP contribution in [0, 0.1) is 0 Å². The molecule has 0 spiro atoms. The van der Waals surface area contributed by atoms with Crippen LogP contribution in [0.25, 0.3) is 5.76 Å². The van der Waals surface area contributed by atoms with Gasteiger partial charge in [-0.1, -0.05) is 62.6 Å². The molecule has 1 aliphatic rings. The number of amides is 1. The van der Waals surface area contributed by atoms with Crippen molar-refractivity contribution in [1.29, 1.82) is 0 Å². The Morgan fingerprint density at radius 2 is 1.80 bits per heavy atom. The van der Waals surface area contributed by atoms with Crippen LogP contribution in [0.15, 0.2) is 54.1 Å². The highest BCUT2D eigenvalue weighted by Crippen LogP contribution is 2.41. The van der Waals surface area contributed by atoms with Crippen molar-refractivity contribution < 1.29 is 24.5 Å². The number of aliphatic hydroxyl groups is 1. The fraction of sp³-hybridized carbons (Fsp3) is 0.333. The van der Waals surface area contributed by atoms with Gasteiger partial charge in [-0.2, -0.15) is 0 Å². The van der Waals surface area contributed by atoms with E-state index in [1.165, 1.54) is 18.1 Å². The van der Waals surface area contributed by atoms with E-state index in [1.54, 1.807) is 36.4 Å². The average molecular weight is 409 g/mol. The summed E-state index contributed by atoms with van der Waals surface area (Å²) < 4.78 is 5.21. The van der Waals surface area contributed by atoms with E-state index in [4.69, 9.17) is 4.74 Å². The maximum atomic E-state index is 12.9. The lowest BCUT2D eigenvalue weighted by molar-refractivity contribution is -0.139. The number of nitrogens with zero attached hydrogens (tertiary/aromatic N) is 1. The van der Waals surface area contributed by atoms with Gasteiger partial charge >= 0.3 is 0 Å². The number of hydrogen-bond acceptors (Lipinski definition) is 5. The zero-order valence-electron chi connectivity index (χ0n) is 17.3. The van der Waals surface area contributed by atoms with Crippen LogP contribution >= 0.6 is 0 Å². The molecular formula is C24H27NO5. The number of hydrogen-bond donors (Lipinski definition) is 2. The summed E-state index contributed by atoms with van der Waals surface area (Å²) in [7, 11) is 1.44. The molecule has 6 nitrogen and oxygen atoms in total. The summed E-state index contributed by atoms with van der Waals surface area (Å²) in [5, 5.41) is 20.9. The highest BCUT2D eigenvalue weighted by molar-refractivity contribution is 6.46. The molecule has 1 fully saturated rings. The number of carbonyl (C=O) groups is 2. The molecule has 1 saturated heterocycles. The number of methoxy groups -OCH3 is 1. The van der Waals surface area contributed by atoms with Crippen molar-refractivity contribution in [1.82, 2.24) is 4.90 Å². The first kappa shape index (κ1) is 21.4. The Bertz CT molecular complexity index is 951. The van der Waals surface area contributed by atoms with Gasteiger partial charge in [-0.3, -0.25) is 9.59 Å². The van der Waals surface area contributed by atoms with E-state index in [-0.39, 0.29) is 22.8 Å². The Balaban J connectivity index is 2.10. The van der Waals surface area contributed by atoms with Crippen LogP contribution in [0.1, 0.15) is 49.8 Å². The minimum absolute atomic E-state index is 0.0378. The topological polar surface area (TPSA) is 87.1 Å². The lowest BCUT2D eigenvalue weighted by Crippen LogP contribution is -2.30. The van der Waals surface area contributed by atoms with E-state index in [9.17, 15) is 19.8 Å². The molecule has 3 rings (SSSR count). The van der Waals surface area contributed by atoms with Crippen molar-refractivity contribution in [3.63, 3.8) is 0 Å². The van der Waals surface area contributed by atoms with Gasteiger partial charge in [0.15, 0.2) is 11.5 Å². The maximum absolute atomic E-state index is 12.9. The third-order valence-corrected chi connectivity index (χ3v) is 5.36. The first-order valence-electron chi connectivity index (χ1n) is 10.2. The van der Waals surface area contributed by atoms with Crippen LogP contribution in [-0.4, -0.2) is 40.5 Å². The Morgan fingerprint density at radius 3 is 2.47 bits per heavy atom. The van der Waals surface area contributed by atoms with Crippen molar-refractivity contribution in [2.75, 3.05) is 13.7 Å². The van der Waals surface area contributed by atoms with Crippen molar-refractivity contribution in [2.45, 2.75) is 38.6 Å². The smallest absolute Gasteiger partial charge is 0.295 e. The van der Waals surface area contributed by atoms with E-state index >= 15 is 0 Å². The van der Waals surface area contributed by atoms with Gasteiger partial charge in [0.25, 0.3) is 11.7 Å². The fourth-order valence-electron chi connectivity index (χ4n) is 3.78. The van der Waals surface area contributed by atoms with Gasteiger partial charge in [-0.05, 0) is 24.1 Å². The van der Waals surface area contributed by atoms with Crippen molar-refractivity contribution in [3.8, 4) is 11.5 Å². The second-order valence-corrected chi connectivity index (χ2v) is 7.35. The monoisotopic (exact) mass is 409 g/mol. The third-order valence-electron chi connectivity index (χ3n) is 5.36. The molecule has 0 saturated carbocycles. The van der Waals surface area contributed by atoms with Crippen LogP contribution < -0.4 is 4.74 Å². The molecule has 1 heterocycles. The van der Waals surface area contributed by atoms with Gasteiger partial charge in [0.05, 0.1) is 18.7 Å². The van der Waals surface area contributed by atoms with Crippen molar-refractivity contribution >= 4 is 17.4 Å². The normalized spacial score (nSPS) is 18.1. The number of rotatable bonds is 8. The van der Waals surface area contributed by atoms with Gasteiger partial charge < -0.3 is 19.8 Å². The molecule has 0 bridgehead atoms. The molecule has 0 aromatic heterocycles. The molecule has 2 aromatic carbocycles. The Labute approximate surface area is 176 Å². The van der Waals surface area contributed by atoms with E-state index in [2.05, 4.69) is 6.92 Å². The van der Waals surface area contributed by atoms with Gasteiger partial charge in [-0.25, -0.2) is 0 Å². The Morgan fingerprint density at radius 1 is 1.07 bits per heavy atom. The average Bonchev–Trinajstić information content (AvgIpc) is 3.02. The molecule has 158 valence electrons.